The topological polar surface area (TPSA) is 58.1 Å². The van der Waals surface area contributed by atoms with Crippen molar-refractivity contribution in [1.29, 1.82) is 0 Å². The molecule has 1 aliphatic carbocycles. The average molecular weight is 316 g/mol. The normalized spacial score (nSPS) is 23.5. The molecule has 1 aliphatic heterocycles. The van der Waals surface area contributed by atoms with Crippen molar-refractivity contribution in [3.63, 3.8) is 0 Å². The zero-order valence-corrected chi connectivity index (χ0v) is 14.5. The molecule has 0 radical (unpaired) electrons. The molecule has 2 heterocycles. The predicted octanol–water partition coefficient (Wildman–Crippen LogP) is 2.70. The standard InChI is InChI=1S/C18H28N4O/c1-13(2)21-16(23)15-4-5-18(10-15)6-8-22(9-7-18)17-19-11-14(3)12-20-17/h11-13,15H,4-10H2,1-3H3,(H,21,23)/t15-/m1/s1. The maximum atomic E-state index is 12.3. The first-order valence-corrected chi connectivity index (χ1v) is 8.81. The van der Waals surface area contributed by atoms with Gasteiger partial charge in [0.2, 0.25) is 11.9 Å². The Morgan fingerprint density at radius 1 is 1.26 bits per heavy atom. The minimum absolute atomic E-state index is 0.208. The van der Waals surface area contributed by atoms with Crippen LogP contribution in [-0.4, -0.2) is 35.0 Å². The number of hydrogen-bond donors (Lipinski definition) is 1. The van der Waals surface area contributed by atoms with E-state index < -0.39 is 0 Å². The van der Waals surface area contributed by atoms with E-state index in [2.05, 4.69) is 20.2 Å². The lowest BCUT2D eigenvalue weighted by atomic mass is 9.76. The minimum Gasteiger partial charge on any atom is -0.354 e. The van der Waals surface area contributed by atoms with Gasteiger partial charge in [0.15, 0.2) is 0 Å². The summed E-state index contributed by atoms with van der Waals surface area (Å²) >= 11 is 0. The number of piperidine rings is 1. The van der Waals surface area contributed by atoms with Crippen LogP contribution in [0.15, 0.2) is 12.4 Å². The summed E-state index contributed by atoms with van der Waals surface area (Å²) in [4.78, 5) is 23.4. The van der Waals surface area contributed by atoms with Gasteiger partial charge in [-0.15, -0.1) is 0 Å². The summed E-state index contributed by atoms with van der Waals surface area (Å²) in [7, 11) is 0. The molecule has 126 valence electrons. The van der Waals surface area contributed by atoms with E-state index in [-0.39, 0.29) is 17.9 Å². The van der Waals surface area contributed by atoms with Crippen LogP contribution in [0.3, 0.4) is 0 Å². The molecule has 0 unspecified atom stereocenters. The van der Waals surface area contributed by atoms with E-state index in [0.717, 1.165) is 50.3 Å². The summed E-state index contributed by atoms with van der Waals surface area (Å²) in [6.07, 6.45) is 9.34. The maximum absolute atomic E-state index is 12.3. The first-order valence-electron chi connectivity index (χ1n) is 8.81. The Morgan fingerprint density at radius 2 is 1.91 bits per heavy atom. The molecule has 0 bridgehead atoms. The van der Waals surface area contributed by atoms with Crippen LogP contribution in [0.2, 0.25) is 0 Å². The Kier molecular flexibility index (Phi) is 4.55. The second-order valence-electron chi connectivity index (χ2n) is 7.65. The van der Waals surface area contributed by atoms with Gasteiger partial charge in [-0.1, -0.05) is 0 Å². The molecular weight excluding hydrogens is 288 g/mol. The first kappa shape index (κ1) is 16.2. The maximum Gasteiger partial charge on any atom is 0.225 e. The third-order valence-corrected chi connectivity index (χ3v) is 5.38. The highest BCUT2D eigenvalue weighted by molar-refractivity contribution is 5.79. The van der Waals surface area contributed by atoms with Crippen LogP contribution in [0.5, 0.6) is 0 Å². The van der Waals surface area contributed by atoms with Crippen molar-refractivity contribution in [3.05, 3.63) is 18.0 Å². The van der Waals surface area contributed by atoms with Gasteiger partial charge in [0.1, 0.15) is 0 Å². The molecule has 1 aromatic heterocycles. The van der Waals surface area contributed by atoms with E-state index >= 15 is 0 Å². The van der Waals surface area contributed by atoms with Crippen LogP contribution in [0, 0.1) is 18.3 Å². The van der Waals surface area contributed by atoms with Crippen molar-refractivity contribution in [3.8, 4) is 0 Å². The smallest absolute Gasteiger partial charge is 0.225 e. The summed E-state index contributed by atoms with van der Waals surface area (Å²) in [6, 6.07) is 0.236. The van der Waals surface area contributed by atoms with Gasteiger partial charge in [-0.05, 0) is 63.9 Å². The van der Waals surface area contributed by atoms with Crippen LogP contribution in [0.4, 0.5) is 5.95 Å². The molecule has 5 heteroatoms. The second-order valence-corrected chi connectivity index (χ2v) is 7.65. The number of amides is 1. The third-order valence-electron chi connectivity index (χ3n) is 5.38. The van der Waals surface area contributed by atoms with E-state index in [0.29, 0.717) is 5.41 Å². The highest BCUT2D eigenvalue weighted by Gasteiger charge is 2.43. The third kappa shape index (κ3) is 3.65. The van der Waals surface area contributed by atoms with Crippen molar-refractivity contribution in [1.82, 2.24) is 15.3 Å². The molecule has 3 rings (SSSR count). The van der Waals surface area contributed by atoms with E-state index in [9.17, 15) is 4.79 Å². The predicted molar refractivity (Wildman–Crippen MR) is 91.3 cm³/mol. The fourth-order valence-electron chi connectivity index (χ4n) is 4.02. The summed E-state index contributed by atoms with van der Waals surface area (Å²) in [5.41, 5.74) is 1.46. The number of aromatic nitrogens is 2. The first-order chi connectivity index (χ1) is 11.0. The lowest BCUT2D eigenvalue weighted by Crippen LogP contribution is -2.40. The Bertz CT molecular complexity index is 547. The van der Waals surface area contributed by atoms with Gasteiger partial charge in [-0.25, -0.2) is 9.97 Å². The summed E-state index contributed by atoms with van der Waals surface area (Å²) in [5, 5.41) is 3.08. The Balaban J connectivity index is 1.56. The number of hydrogen-bond acceptors (Lipinski definition) is 4. The summed E-state index contributed by atoms with van der Waals surface area (Å²) in [6.45, 7) is 8.07. The molecule has 1 spiro atoms. The number of nitrogens with zero attached hydrogens (tertiary/aromatic N) is 3. The molecule has 1 N–H and O–H groups in total. The molecule has 1 saturated heterocycles. The number of rotatable bonds is 3. The van der Waals surface area contributed by atoms with Crippen molar-refractivity contribution >= 4 is 11.9 Å². The molecule has 2 aliphatic rings. The monoisotopic (exact) mass is 316 g/mol. The van der Waals surface area contributed by atoms with Gasteiger partial charge in [0.25, 0.3) is 0 Å². The van der Waals surface area contributed by atoms with Gasteiger partial charge >= 0.3 is 0 Å². The van der Waals surface area contributed by atoms with Crippen molar-refractivity contribution in [2.45, 2.75) is 58.9 Å². The zero-order chi connectivity index (χ0) is 16.4. The van der Waals surface area contributed by atoms with Gasteiger partial charge in [0.05, 0.1) is 0 Å². The number of carbonyl (C=O) groups is 1. The molecule has 0 aromatic carbocycles. The fraction of sp³-hybridized carbons (Fsp3) is 0.722. The SMILES string of the molecule is Cc1cnc(N2CCC3(CC[C@@H](C(=O)NC(C)C)C3)CC2)nc1. The average Bonchev–Trinajstić information content (AvgIpc) is 2.93. The highest BCUT2D eigenvalue weighted by Crippen LogP contribution is 2.49. The lowest BCUT2D eigenvalue weighted by Gasteiger charge is -2.39. The van der Waals surface area contributed by atoms with Crippen LogP contribution in [-0.2, 0) is 4.79 Å². The minimum atomic E-state index is 0.208. The second kappa shape index (κ2) is 6.46. The van der Waals surface area contributed by atoms with Crippen LogP contribution in [0.1, 0.15) is 51.5 Å². The summed E-state index contributed by atoms with van der Waals surface area (Å²) < 4.78 is 0. The largest absolute Gasteiger partial charge is 0.354 e. The van der Waals surface area contributed by atoms with E-state index in [1.807, 2.05) is 33.2 Å². The van der Waals surface area contributed by atoms with Crippen molar-refractivity contribution in [2.75, 3.05) is 18.0 Å². The van der Waals surface area contributed by atoms with E-state index in [1.165, 1.54) is 6.42 Å². The number of carbonyl (C=O) groups excluding carboxylic acids is 1. The zero-order valence-electron chi connectivity index (χ0n) is 14.5. The lowest BCUT2D eigenvalue weighted by molar-refractivity contribution is -0.125. The van der Waals surface area contributed by atoms with E-state index in [1.54, 1.807) is 0 Å². The van der Waals surface area contributed by atoms with E-state index in [4.69, 9.17) is 0 Å². The Hall–Kier alpha value is -1.65. The van der Waals surface area contributed by atoms with Gasteiger partial charge in [-0.2, -0.15) is 0 Å². The molecule has 2 fully saturated rings. The number of nitrogens with one attached hydrogen (secondary N) is 1. The van der Waals surface area contributed by atoms with Gasteiger partial charge in [0, 0.05) is 37.4 Å². The van der Waals surface area contributed by atoms with Crippen LogP contribution in [0.25, 0.3) is 0 Å². The van der Waals surface area contributed by atoms with Crippen molar-refractivity contribution in [2.24, 2.45) is 11.3 Å². The molecule has 1 saturated carbocycles. The highest BCUT2D eigenvalue weighted by atomic mass is 16.1. The number of anilines is 1. The Morgan fingerprint density at radius 3 is 2.52 bits per heavy atom. The summed E-state index contributed by atoms with van der Waals surface area (Å²) in [5.74, 6) is 1.30. The van der Waals surface area contributed by atoms with Crippen LogP contribution >= 0.6 is 0 Å². The van der Waals surface area contributed by atoms with Crippen molar-refractivity contribution < 1.29 is 4.79 Å². The molecule has 23 heavy (non-hydrogen) atoms. The quantitative estimate of drug-likeness (QED) is 0.931. The molecule has 1 amide bonds. The Labute approximate surface area is 138 Å². The van der Waals surface area contributed by atoms with Gasteiger partial charge < -0.3 is 10.2 Å². The van der Waals surface area contributed by atoms with Gasteiger partial charge in [-0.3, -0.25) is 4.79 Å². The molecule has 1 atom stereocenters. The number of aryl methyl sites for hydroxylation is 1. The molecule has 5 nitrogen and oxygen atoms in total. The fourth-order valence-corrected chi connectivity index (χ4v) is 4.02. The van der Waals surface area contributed by atoms with Crippen LogP contribution < -0.4 is 10.2 Å². The molecule has 1 aromatic rings. The molecular formula is C18H28N4O.